The molecule has 0 radical (unpaired) electrons. The molecule has 128 valence electrons. The van der Waals surface area contributed by atoms with Gasteiger partial charge in [-0.25, -0.2) is 4.98 Å². The minimum absolute atomic E-state index is 0.0226. The van der Waals surface area contributed by atoms with Gasteiger partial charge in [-0.2, -0.15) is 13.2 Å². The van der Waals surface area contributed by atoms with Crippen LogP contribution in [0.4, 0.5) is 13.2 Å². The Kier molecular flexibility index (Phi) is 4.34. The first-order chi connectivity index (χ1) is 11.4. The Labute approximate surface area is 137 Å². The highest BCUT2D eigenvalue weighted by Gasteiger charge is 2.37. The predicted octanol–water partition coefficient (Wildman–Crippen LogP) is 3.76. The number of nitrogens with zero attached hydrogens (tertiary/aromatic N) is 2. The smallest absolute Gasteiger partial charge is 0.346 e. The number of amides is 1. The highest BCUT2D eigenvalue weighted by atomic mass is 19.4. The minimum atomic E-state index is -4.54. The molecule has 0 unspecified atom stereocenters. The van der Waals surface area contributed by atoms with E-state index < -0.39 is 17.6 Å². The second-order valence-corrected chi connectivity index (χ2v) is 6.09. The summed E-state index contributed by atoms with van der Waals surface area (Å²) < 4.78 is 39.4. The summed E-state index contributed by atoms with van der Waals surface area (Å²) in [5, 5.41) is 0. The summed E-state index contributed by atoms with van der Waals surface area (Å²) in [5.74, 6) is 0.236. The number of carbonyl (C=O) groups excluding carboxylic acids is 1. The van der Waals surface area contributed by atoms with E-state index in [1.54, 1.807) is 6.20 Å². The van der Waals surface area contributed by atoms with Gasteiger partial charge in [-0.3, -0.25) is 4.79 Å². The zero-order valence-electron chi connectivity index (χ0n) is 13.2. The number of piperidine rings is 1. The summed E-state index contributed by atoms with van der Waals surface area (Å²) in [6.07, 6.45) is -1.23. The van der Waals surface area contributed by atoms with E-state index in [1.807, 2.05) is 6.92 Å². The lowest BCUT2D eigenvalue weighted by Crippen LogP contribution is -2.40. The molecule has 1 aromatic carbocycles. The average molecular weight is 337 g/mol. The van der Waals surface area contributed by atoms with Gasteiger partial charge in [-0.05, 0) is 31.9 Å². The Bertz CT molecular complexity index is 739. The van der Waals surface area contributed by atoms with Crippen LogP contribution in [0.1, 0.15) is 46.2 Å². The van der Waals surface area contributed by atoms with Crippen LogP contribution in [0.5, 0.6) is 0 Å². The van der Waals surface area contributed by atoms with E-state index in [0.29, 0.717) is 13.1 Å². The highest BCUT2D eigenvalue weighted by molar-refractivity contribution is 5.96. The summed E-state index contributed by atoms with van der Waals surface area (Å²) in [4.78, 5) is 21.6. The van der Waals surface area contributed by atoms with Gasteiger partial charge in [0, 0.05) is 30.9 Å². The molecule has 1 atom stereocenters. The second-order valence-electron chi connectivity index (χ2n) is 6.09. The number of alkyl halides is 3. The number of benzene rings is 1. The maximum absolute atomic E-state index is 13.1. The van der Waals surface area contributed by atoms with Crippen molar-refractivity contribution >= 4 is 5.91 Å². The van der Waals surface area contributed by atoms with Crippen LogP contribution in [0.3, 0.4) is 0 Å². The van der Waals surface area contributed by atoms with Gasteiger partial charge in [-0.15, -0.1) is 0 Å². The molecular weight excluding hydrogens is 319 g/mol. The number of aryl methyl sites for hydroxylation is 1. The molecule has 1 fully saturated rings. The molecule has 1 saturated heterocycles. The number of aromatic nitrogens is 2. The number of hydrogen-bond acceptors (Lipinski definition) is 2. The van der Waals surface area contributed by atoms with Crippen LogP contribution >= 0.6 is 0 Å². The summed E-state index contributed by atoms with van der Waals surface area (Å²) >= 11 is 0. The Morgan fingerprint density at radius 1 is 1.33 bits per heavy atom. The lowest BCUT2D eigenvalue weighted by atomic mass is 9.96. The van der Waals surface area contributed by atoms with Crippen LogP contribution in [-0.2, 0) is 6.18 Å². The molecule has 0 aliphatic carbocycles. The SMILES string of the molecule is Cc1cnc([C@@H]2CCCN(C(=O)c3ccccc3C(F)(F)F)C2)[nH]1. The number of imidazole rings is 1. The molecule has 4 nitrogen and oxygen atoms in total. The molecule has 1 aliphatic rings. The molecule has 0 saturated carbocycles. The first kappa shape index (κ1) is 16.5. The molecule has 0 bridgehead atoms. The molecule has 2 aromatic rings. The quantitative estimate of drug-likeness (QED) is 0.907. The molecule has 7 heteroatoms. The molecule has 1 N–H and O–H groups in total. The van der Waals surface area contributed by atoms with E-state index in [1.165, 1.54) is 23.1 Å². The predicted molar refractivity (Wildman–Crippen MR) is 82.6 cm³/mol. The molecule has 2 heterocycles. The third-order valence-electron chi connectivity index (χ3n) is 4.28. The fourth-order valence-corrected chi connectivity index (χ4v) is 3.11. The van der Waals surface area contributed by atoms with Crippen molar-refractivity contribution in [3.8, 4) is 0 Å². The summed E-state index contributed by atoms with van der Waals surface area (Å²) in [5.41, 5.74) is -0.247. The standard InChI is InChI=1S/C17H18F3N3O/c1-11-9-21-15(22-11)12-5-4-8-23(10-12)16(24)13-6-2-3-7-14(13)17(18,19)20/h2-3,6-7,9,12H,4-5,8,10H2,1H3,(H,21,22)/t12-/m1/s1. The number of likely N-dealkylation sites (tertiary alicyclic amines) is 1. The first-order valence-corrected chi connectivity index (χ1v) is 7.83. The van der Waals surface area contributed by atoms with Crippen molar-refractivity contribution in [3.63, 3.8) is 0 Å². The van der Waals surface area contributed by atoms with Crippen LogP contribution in [0.25, 0.3) is 0 Å². The number of H-pyrrole nitrogens is 1. The maximum atomic E-state index is 13.1. The number of hydrogen-bond donors (Lipinski definition) is 1. The van der Waals surface area contributed by atoms with Crippen LogP contribution in [-0.4, -0.2) is 33.9 Å². The molecule has 1 aromatic heterocycles. The average Bonchev–Trinajstić information content (AvgIpc) is 3.00. The minimum Gasteiger partial charge on any atom is -0.346 e. The van der Waals surface area contributed by atoms with Crippen molar-refractivity contribution in [1.82, 2.24) is 14.9 Å². The van der Waals surface area contributed by atoms with Crippen molar-refractivity contribution in [3.05, 3.63) is 53.1 Å². The molecule has 24 heavy (non-hydrogen) atoms. The fourth-order valence-electron chi connectivity index (χ4n) is 3.11. The van der Waals surface area contributed by atoms with Crippen molar-refractivity contribution in [1.29, 1.82) is 0 Å². The Balaban J connectivity index is 1.83. The van der Waals surface area contributed by atoms with E-state index in [0.717, 1.165) is 30.4 Å². The fraction of sp³-hybridized carbons (Fsp3) is 0.412. The largest absolute Gasteiger partial charge is 0.417 e. The number of rotatable bonds is 2. The normalized spacial score (nSPS) is 18.7. The number of halogens is 3. The molecular formula is C17H18F3N3O. The maximum Gasteiger partial charge on any atom is 0.417 e. The van der Waals surface area contributed by atoms with E-state index in [2.05, 4.69) is 9.97 Å². The Morgan fingerprint density at radius 3 is 2.75 bits per heavy atom. The van der Waals surface area contributed by atoms with E-state index in [9.17, 15) is 18.0 Å². The summed E-state index contributed by atoms with van der Waals surface area (Å²) in [7, 11) is 0. The summed E-state index contributed by atoms with van der Waals surface area (Å²) in [6, 6.07) is 4.94. The van der Waals surface area contributed by atoms with Gasteiger partial charge in [0.05, 0.1) is 11.1 Å². The zero-order valence-corrected chi connectivity index (χ0v) is 13.2. The third kappa shape index (κ3) is 3.29. The van der Waals surface area contributed by atoms with Gasteiger partial charge < -0.3 is 9.88 Å². The summed E-state index contributed by atoms with van der Waals surface area (Å²) in [6.45, 7) is 2.72. The monoisotopic (exact) mass is 337 g/mol. The van der Waals surface area contributed by atoms with Gasteiger partial charge in [0.1, 0.15) is 5.82 Å². The van der Waals surface area contributed by atoms with E-state index >= 15 is 0 Å². The van der Waals surface area contributed by atoms with Crippen molar-refractivity contribution in [2.24, 2.45) is 0 Å². The van der Waals surface area contributed by atoms with Crippen LogP contribution in [0, 0.1) is 6.92 Å². The molecule has 1 aliphatic heterocycles. The van der Waals surface area contributed by atoms with Gasteiger partial charge >= 0.3 is 6.18 Å². The van der Waals surface area contributed by atoms with E-state index in [-0.39, 0.29) is 11.5 Å². The lowest BCUT2D eigenvalue weighted by Gasteiger charge is -2.32. The highest BCUT2D eigenvalue weighted by Crippen LogP contribution is 2.33. The Morgan fingerprint density at radius 2 is 2.08 bits per heavy atom. The van der Waals surface area contributed by atoms with Crippen LogP contribution in [0.2, 0.25) is 0 Å². The van der Waals surface area contributed by atoms with Crippen LogP contribution < -0.4 is 0 Å². The van der Waals surface area contributed by atoms with Gasteiger partial charge in [-0.1, -0.05) is 12.1 Å². The number of carbonyl (C=O) groups is 1. The van der Waals surface area contributed by atoms with Crippen molar-refractivity contribution < 1.29 is 18.0 Å². The molecule has 0 spiro atoms. The van der Waals surface area contributed by atoms with Gasteiger partial charge in [0.25, 0.3) is 5.91 Å². The van der Waals surface area contributed by atoms with Gasteiger partial charge in [0.15, 0.2) is 0 Å². The Hall–Kier alpha value is -2.31. The van der Waals surface area contributed by atoms with Crippen molar-refractivity contribution in [2.45, 2.75) is 31.9 Å². The lowest BCUT2D eigenvalue weighted by molar-refractivity contribution is -0.138. The number of nitrogens with one attached hydrogen (secondary N) is 1. The molecule has 3 rings (SSSR count). The van der Waals surface area contributed by atoms with Crippen molar-refractivity contribution in [2.75, 3.05) is 13.1 Å². The van der Waals surface area contributed by atoms with Crippen LogP contribution in [0.15, 0.2) is 30.5 Å². The number of aromatic amines is 1. The third-order valence-corrected chi connectivity index (χ3v) is 4.28. The van der Waals surface area contributed by atoms with E-state index in [4.69, 9.17) is 0 Å². The second kappa shape index (κ2) is 6.30. The van der Waals surface area contributed by atoms with Gasteiger partial charge in [0.2, 0.25) is 0 Å². The zero-order chi connectivity index (χ0) is 17.3. The first-order valence-electron chi connectivity index (χ1n) is 7.83. The topological polar surface area (TPSA) is 49.0 Å². The molecule has 1 amide bonds.